The zero-order valence-corrected chi connectivity index (χ0v) is 12.2. The Morgan fingerprint density at radius 1 is 1.25 bits per heavy atom. The van der Waals surface area contributed by atoms with E-state index in [9.17, 15) is 13.2 Å². The fourth-order valence-corrected chi connectivity index (χ4v) is 4.26. The summed E-state index contributed by atoms with van der Waals surface area (Å²) >= 11 is 0. The van der Waals surface area contributed by atoms with Crippen LogP contribution in [0.1, 0.15) is 48.0 Å². The zero-order valence-electron chi connectivity index (χ0n) is 11.4. The van der Waals surface area contributed by atoms with Gasteiger partial charge >= 0.3 is 5.97 Å². The summed E-state index contributed by atoms with van der Waals surface area (Å²) in [5, 5.41) is 8.74. The van der Waals surface area contributed by atoms with E-state index >= 15 is 0 Å². The summed E-state index contributed by atoms with van der Waals surface area (Å²) in [6.45, 7) is 1.70. The molecule has 2 N–H and O–H groups in total. The first-order chi connectivity index (χ1) is 9.42. The average Bonchev–Trinajstić information content (AvgIpc) is 2.41. The topological polar surface area (TPSA) is 83.5 Å². The fraction of sp³-hybridized carbons (Fsp3) is 0.500. The summed E-state index contributed by atoms with van der Waals surface area (Å²) in [6.07, 6.45) is 4.17. The van der Waals surface area contributed by atoms with Crippen molar-refractivity contribution in [1.82, 2.24) is 0 Å². The standard InChI is InChI=1S/C14H19NO4S/c1-10-6-5-9-12(14(16)17)13(10)15-20(18,19)11-7-3-2-4-8-11/h5-6,9,11,15H,2-4,7-8H2,1H3,(H,16,17). The summed E-state index contributed by atoms with van der Waals surface area (Å²) in [4.78, 5) is 11.2. The van der Waals surface area contributed by atoms with Gasteiger partial charge in [-0.3, -0.25) is 4.72 Å². The molecule has 5 nitrogen and oxygen atoms in total. The van der Waals surface area contributed by atoms with Crippen LogP contribution in [0, 0.1) is 6.92 Å². The van der Waals surface area contributed by atoms with Gasteiger partial charge in [-0.25, -0.2) is 13.2 Å². The van der Waals surface area contributed by atoms with E-state index in [2.05, 4.69) is 4.72 Å². The number of rotatable bonds is 4. The molecule has 0 bridgehead atoms. The second-order valence-corrected chi connectivity index (χ2v) is 7.17. The van der Waals surface area contributed by atoms with Crippen molar-refractivity contribution >= 4 is 21.7 Å². The number of anilines is 1. The van der Waals surface area contributed by atoms with Gasteiger partial charge in [0.15, 0.2) is 0 Å². The van der Waals surface area contributed by atoms with Crippen molar-refractivity contribution in [2.75, 3.05) is 4.72 Å². The third kappa shape index (κ3) is 3.12. The van der Waals surface area contributed by atoms with Gasteiger partial charge in [-0.2, -0.15) is 0 Å². The molecule has 1 saturated carbocycles. The lowest BCUT2D eigenvalue weighted by molar-refractivity contribution is 0.0698. The smallest absolute Gasteiger partial charge is 0.337 e. The molecular weight excluding hydrogens is 278 g/mol. The van der Waals surface area contributed by atoms with Crippen LogP contribution in [0.25, 0.3) is 0 Å². The number of aromatic carboxylic acids is 1. The molecule has 1 aliphatic carbocycles. The number of hydrogen-bond donors (Lipinski definition) is 2. The molecular formula is C14H19NO4S. The number of aryl methyl sites for hydroxylation is 1. The quantitative estimate of drug-likeness (QED) is 0.895. The van der Waals surface area contributed by atoms with Crippen LogP contribution < -0.4 is 4.72 Å². The monoisotopic (exact) mass is 297 g/mol. The van der Waals surface area contributed by atoms with Gasteiger partial charge in [0.05, 0.1) is 16.5 Å². The van der Waals surface area contributed by atoms with Gasteiger partial charge in [0.2, 0.25) is 10.0 Å². The number of nitrogens with one attached hydrogen (secondary N) is 1. The van der Waals surface area contributed by atoms with E-state index < -0.39 is 21.2 Å². The van der Waals surface area contributed by atoms with Crippen molar-refractivity contribution in [3.63, 3.8) is 0 Å². The average molecular weight is 297 g/mol. The molecule has 110 valence electrons. The molecule has 2 rings (SSSR count). The third-order valence-corrected chi connectivity index (χ3v) is 5.58. The van der Waals surface area contributed by atoms with Gasteiger partial charge in [0, 0.05) is 0 Å². The summed E-state index contributed by atoms with van der Waals surface area (Å²) in [5.74, 6) is -1.13. The molecule has 0 spiro atoms. The molecule has 1 aromatic rings. The van der Waals surface area contributed by atoms with Crippen LogP contribution in [0.5, 0.6) is 0 Å². The highest BCUT2D eigenvalue weighted by atomic mass is 32.2. The highest BCUT2D eigenvalue weighted by molar-refractivity contribution is 7.93. The number of sulfonamides is 1. The Labute approximate surface area is 119 Å². The normalized spacial score (nSPS) is 16.9. The van der Waals surface area contributed by atoms with Gasteiger partial charge in [-0.15, -0.1) is 0 Å². The first-order valence-electron chi connectivity index (χ1n) is 6.76. The Morgan fingerprint density at radius 3 is 2.50 bits per heavy atom. The molecule has 0 saturated heterocycles. The Hall–Kier alpha value is -1.56. The molecule has 0 radical (unpaired) electrons. The lowest BCUT2D eigenvalue weighted by Crippen LogP contribution is -2.30. The molecule has 1 aromatic carbocycles. The Balaban J connectivity index is 2.31. The Bertz CT molecular complexity index is 604. The number of carboxylic acids is 1. The zero-order chi connectivity index (χ0) is 14.8. The van der Waals surface area contributed by atoms with Gasteiger partial charge in [0.1, 0.15) is 0 Å². The van der Waals surface area contributed by atoms with E-state index in [1.54, 1.807) is 19.1 Å². The van der Waals surface area contributed by atoms with Crippen molar-refractivity contribution in [2.24, 2.45) is 0 Å². The summed E-state index contributed by atoms with van der Waals surface area (Å²) in [5.41, 5.74) is 0.791. The molecule has 0 heterocycles. The molecule has 6 heteroatoms. The van der Waals surface area contributed by atoms with Crippen molar-refractivity contribution in [3.8, 4) is 0 Å². The molecule has 0 aromatic heterocycles. The summed E-state index contributed by atoms with van der Waals surface area (Å²) in [7, 11) is -3.53. The number of benzene rings is 1. The van der Waals surface area contributed by atoms with Gasteiger partial charge in [0.25, 0.3) is 0 Å². The molecule has 1 aliphatic rings. The lowest BCUT2D eigenvalue weighted by Gasteiger charge is -2.23. The predicted molar refractivity (Wildman–Crippen MR) is 77.6 cm³/mol. The third-order valence-electron chi connectivity index (χ3n) is 3.74. The fourth-order valence-electron chi connectivity index (χ4n) is 2.58. The van der Waals surface area contributed by atoms with Crippen molar-refractivity contribution < 1.29 is 18.3 Å². The number of carboxylic acid groups (broad SMARTS) is 1. The van der Waals surface area contributed by atoms with Crippen LogP contribution in [0.15, 0.2) is 18.2 Å². The van der Waals surface area contributed by atoms with E-state index in [1.165, 1.54) is 6.07 Å². The summed E-state index contributed by atoms with van der Waals surface area (Å²) < 4.78 is 27.3. The predicted octanol–water partition coefficient (Wildman–Crippen LogP) is 2.77. The molecule has 0 atom stereocenters. The van der Waals surface area contributed by atoms with Crippen LogP contribution in [0.4, 0.5) is 5.69 Å². The second kappa shape index (κ2) is 5.83. The highest BCUT2D eigenvalue weighted by Gasteiger charge is 2.28. The molecule has 0 aliphatic heterocycles. The van der Waals surface area contributed by atoms with Crippen molar-refractivity contribution in [3.05, 3.63) is 29.3 Å². The molecule has 0 amide bonds. The lowest BCUT2D eigenvalue weighted by atomic mass is 10.0. The molecule has 20 heavy (non-hydrogen) atoms. The minimum atomic E-state index is -3.53. The van der Waals surface area contributed by atoms with Gasteiger partial charge < -0.3 is 5.11 Å². The SMILES string of the molecule is Cc1cccc(C(=O)O)c1NS(=O)(=O)C1CCCCC1. The van der Waals surface area contributed by atoms with Crippen LogP contribution in [0.2, 0.25) is 0 Å². The largest absolute Gasteiger partial charge is 0.478 e. The Kier molecular flexibility index (Phi) is 4.32. The van der Waals surface area contributed by atoms with E-state index in [1.807, 2.05) is 0 Å². The van der Waals surface area contributed by atoms with Gasteiger partial charge in [-0.1, -0.05) is 31.4 Å². The van der Waals surface area contributed by atoms with Crippen molar-refractivity contribution in [1.29, 1.82) is 0 Å². The highest BCUT2D eigenvalue weighted by Crippen LogP contribution is 2.28. The Morgan fingerprint density at radius 2 is 1.90 bits per heavy atom. The minimum Gasteiger partial charge on any atom is -0.478 e. The minimum absolute atomic E-state index is 0.00983. The second-order valence-electron chi connectivity index (χ2n) is 5.21. The maximum atomic E-state index is 12.4. The maximum absolute atomic E-state index is 12.4. The molecule has 1 fully saturated rings. The number of para-hydroxylation sites is 1. The first-order valence-corrected chi connectivity index (χ1v) is 8.31. The summed E-state index contributed by atoms with van der Waals surface area (Å²) in [6, 6.07) is 4.72. The number of hydrogen-bond acceptors (Lipinski definition) is 3. The molecule has 0 unspecified atom stereocenters. The van der Waals surface area contributed by atoms with Crippen LogP contribution in [-0.4, -0.2) is 24.7 Å². The van der Waals surface area contributed by atoms with Crippen LogP contribution in [-0.2, 0) is 10.0 Å². The van der Waals surface area contributed by atoms with Crippen LogP contribution >= 0.6 is 0 Å². The van der Waals surface area contributed by atoms with E-state index in [4.69, 9.17) is 5.11 Å². The van der Waals surface area contributed by atoms with E-state index in [-0.39, 0.29) is 11.3 Å². The first kappa shape index (κ1) is 14.8. The van der Waals surface area contributed by atoms with E-state index in [0.29, 0.717) is 18.4 Å². The van der Waals surface area contributed by atoms with E-state index in [0.717, 1.165) is 19.3 Å². The maximum Gasteiger partial charge on any atom is 0.337 e. The van der Waals surface area contributed by atoms with Crippen LogP contribution in [0.3, 0.4) is 0 Å². The number of carbonyl (C=O) groups is 1. The van der Waals surface area contributed by atoms with Crippen molar-refractivity contribution in [2.45, 2.75) is 44.3 Å². The van der Waals surface area contributed by atoms with Gasteiger partial charge in [-0.05, 0) is 31.4 Å².